The number of hydrogen-bond acceptors (Lipinski definition) is 6. The number of carbonyl (C=O) groups is 1. The van der Waals surface area contributed by atoms with Gasteiger partial charge in [-0.15, -0.1) is 10.2 Å². The van der Waals surface area contributed by atoms with Crippen LogP contribution in [0.25, 0.3) is 0 Å². The van der Waals surface area contributed by atoms with Crippen LogP contribution in [-0.2, 0) is 30.2 Å². The molecular weight excluding hydrogens is 392 g/mol. The van der Waals surface area contributed by atoms with Gasteiger partial charge in [0.2, 0.25) is 0 Å². The molecule has 0 spiro atoms. The van der Waals surface area contributed by atoms with E-state index in [0.717, 1.165) is 47.6 Å². The van der Waals surface area contributed by atoms with Crippen LogP contribution in [0.5, 0.6) is 0 Å². The van der Waals surface area contributed by atoms with Crippen LogP contribution in [0, 0.1) is 0 Å². The second-order valence-corrected chi connectivity index (χ2v) is 8.56. The lowest BCUT2D eigenvalue weighted by Gasteiger charge is -2.41. The van der Waals surface area contributed by atoms with Crippen LogP contribution >= 0.6 is 0 Å². The van der Waals surface area contributed by atoms with Gasteiger partial charge in [0.1, 0.15) is 17.8 Å². The fourth-order valence-corrected chi connectivity index (χ4v) is 4.12. The highest BCUT2D eigenvalue weighted by Gasteiger charge is 2.41. The number of aryl methyl sites for hydroxylation is 1. The summed E-state index contributed by atoms with van der Waals surface area (Å²) in [6.45, 7) is 1.67. The highest BCUT2D eigenvalue weighted by Crippen LogP contribution is 2.40. The van der Waals surface area contributed by atoms with Crippen molar-refractivity contribution in [3.05, 3.63) is 71.1 Å². The quantitative estimate of drug-likeness (QED) is 0.610. The maximum absolute atomic E-state index is 12.9. The number of hydrogen-bond donors (Lipinski definition) is 2. The van der Waals surface area contributed by atoms with Gasteiger partial charge in [-0.1, -0.05) is 18.2 Å². The number of carbonyl (C=O) groups excluding carboxylic acids is 1. The number of ether oxygens (including phenoxy) is 1. The first kappa shape index (κ1) is 19.8. The number of anilines is 1. The van der Waals surface area contributed by atoms with E-state index in [-0.39, 0.29) is 11.3 Å². The van der Waals surface area contributed by atoms with Gasteiger partial charge in [0.25, 0.3) is 5.91 Å². The van der Waals surface area contributed by atoms with Gasteiger partial charge in [0, 0.05) is 42.7 Å². The first-order valence-electron chi connectivity index (χ1n) is 10.6. The number of pyridine rings is 1. The minimum Gasteiger partial charge on any atom is -0.379 e. The lowest BCUT2D eigenvalue weighted by Crippen LogP contribution is -2.49. The Hall–Kier alpha value is -3.10. The van der Waals surface area contributed by atoms with E-state index in [9.17, 15) is 4.79 Å². The summed E-state index contributed by atoms with van der Waals surface area (Å²) in [6.07, 6.45) is 4.66. The number of amides is 1. The third kappa shape index (κ3) is 3.84. The zero-order valence-corrected chi connectivity index (χ0v) is 17.5. The van der Waals surface area contributed by atoms with E-state index in [1.165, 1.54) is 0 Å². The predicted octanol–water partition coefficient (Wildman–Crippen LogP) is 2.31. The Kier molecular flexibility index (Phi) is 5.03. The third-order valence-corrected chi connectivity index (χ3v) is 6.22. The molecule has 3 heterocycles. The van der Waals surface area contributed by atoms with Gasteiger partial charge in [0.15, 0.2) is 0 Å². The van der Waals surface area contributed by atoms with Gasteiger partial charge in [-0.25, -0.2) is 4.98 Å². The van der Waals surface area contributed by atoms with Crippen LogP contribution in [0.2, 0.25) is 0 Å². The molecule has 2 aliphatic rings. The lowest BCUT2D eigenvalue weighted by molar-refractivity contribution is -0.0610. The summed E-state index contributed by atoms with van der Waals surface area (Å²) < 4.78 is 7.50. The number of rotatable bonds is 7. The van der Waals surface area contributed by atoms with Crippen molar-refractivity contribution >= 4 is 11.6 Å². The molecule has 1 saturated carbocycles. The van der Waals surface area contributed by atoms with Crippen LogP contribution in [0.4, 0.5) is 5.69 Å². The molecule has 2 aromatic heterocycles. The number of aromatic nitrogens is 4. The van der Waals surface area contributed by atoms with Gasteiger partial charge < -0.3 is 20.4 Å². The Labute approximate surface area is 180 Å². The fraction of sp³-hybridized carbons (Fsp3) is 0.391. The minimum absolute atomic E-state index is 0.165. The van der Waals surface area contributed by atoms with Gasteiger partial charge in [-0.3, -0.25) is 4.79 Å². The van der Waals surface area contributed by atoms with E-state index in [1.807, 2.05) is 35.9 Å². The minimum atomic E-state index is -0.213. The first-order valence-corrected chi connectivity index (χ1v) is 10.6. The summed E-state index contributed by atoms with van der Waals surface area (Å²) in [4.78, 5) is 17.5. The molecule has 0 unspecified atom stereocenters. The van der Waals surface area contributed by atoms with E-state index < -0.39 is 0 Å². The van der Waals surface area contributed by atoms with Crippen LogP contribution < -0.4 is 11.1 Å². The molecule has 3 N–H and O–H groups in total. The third-order valence-electron chi connectivity index (χ3n) is 6.22. The topological polar surface area (TPSA) is 108 Å². The number of benzene rings is 1. The van der Waals surface area contributed by atoms with Crippen molar-refractivity contribution in [3.8, 4) is 0 Å². The van der Waals surface area contributed by atoms with Crippen molar-refractivity contribution in [1.29, 1.82) is 0 Å². The Bertz CT molecular complexity index is 1120. The second kappa shape index (κ2) is 7.86. The maximum Gasteiger partial charge on any atom is 0.274 e. The smallest absolute Gasteiger partial charge is 0.274 e. The summed E-state index contributed by atoms with van der Waals surface area (Å²) in [7, 11) is 1.94. The average molecular weight is 419 g/mol. The average Bonchev–Trinajstić information content (AvgIpc) is 3.52. The second-order valence-electron chi connectivity index (χ2n) is 8.56. The van der Waals surface area contributed by atoms with E-state index in [1.54, 1.807) is 12.4 Å². The van der Waals surface area contributed by atoms with Crippen molar-refractivity contribution in [2.45, 2.75) is 37.1 Å². The molecule has 0 atom stereocenters. The number of nitrogens with two attached hydrogens (primary N) is 1. The zero-order chi connectivity index (χ0) is 21.4. The SMILES string of the molecule is Cn1cnnc1CC1(c2cccc(NC(=O)c3ccc(CN)c(C4CC4)n3)c2)COC1. The highest BCUT2D eigenvalue weighted by atomic mass is 16.5. The number of nitrogens with one attached hydrogen (secondary N) is 1. The lowest BCUT2D eigenvalue weighted by atomic mass is 9.75. The van der Waals surface area contributed by atoms with Crippen LogP contribution in [-0.4, -0.2) is 38.9 Å². The Balaban J connectivity index is 1.36. The molecule has 1 amide bonds. The summed E-state index contributed by atoms with van der Waals surface area (Å²) in [5.74, 6) is 1.14. The summed E-state index contributed by atoms with van der Waals surface area (Å²) >= 11 is 0. The van der Waals surface area contributed by atoms with Crippen molar-refractivity contribution in [2.24, 2.45) is 12.8 Å². The summed E-state index contributed by atoms with van der Waals surface area (Å²) in [6, 6.07) is 11.6. The molecule has 0 radical (unpaired) electrons. The normalized spacial score (nSPS) is 17.2. The predicted molar refractivity (Wildman–Crippen MR) is 116 cm³/mol. The van der Waals surface area contributed by atoms with Gasteiger partial charge in [-0.2, -0.15) is 0 Å². The highest BCUT2D eigenvalue weighted by molar-refractivity contribution is 6.03. The van der Waals surface area contributed by atoms with Gasteiger partial charge in [-0.05, 0) is 42.2 Å². The Morgan fingerprint density at radius 2 is 2.13 bits per heavy atom. The van der Waals surface area contributed by atoms with Crippen molar-refractivity contribution in [2.75, 3.05) is 18.5 Å². The molecule has 2 fully saturated rings. The fourth-order valence-electron chi connectivity index (χ4n) is 4.12. The van der Waals surface area contributed by atoms with E-state index in [0.29, 0.717) is 31.4 Å². The van der Waals surface area contributed by atoms with Gasteiger partial charge in [0.05, 0.1) is 13.2 Å². The summed E-state index contributed by atoms with van der Waals surface area (Å²) in [5.41, 5.74) is 9.95. The molecule has 8 nitrogen and oxygen atoms in total. The van der Waals surface area contributed by atoms with E-state index >= 15 is 0 Å². The molecule has 1 aliphatic carbocycles. The van der Waals surface area contributed by atoms with Crippen LogP contribution in [0.3, 0.4) is 0 Å². The van der Waals surface area contributed by atoms with E-state index in [2.05, 4.69) is 26.6 Å². The molecule has 1 saturated heterocycles. The standard InChI is InChI=1S/C23H26N6O2/c1-29-14-25-28-20(29)10-23(12-31-13-23)17-3-2-4-18(9-17)26-22(30)19-8-7-16(11-24)21(27-19)15-5-6-15/h2-4,7-9,14-15H,5-6,10-13,24H2,1H3,(H,26,30). The van der Waals surface area contributed by atoms with Crippen LogP contribution in [0.1, 0.15) is 51.9 Å². The van der Waals surface area contributed by atoms with Crippen LogP contribution in [0.15, 0.2) is 42.7 Å². The van der Waals surface area contributed by atoms with Gasteiger partial charge >= 0.3 is 0 Å². The van der Waals surface area contributed by atoms with Crippen molar-refractivity contribution in [1.82, 2.24) is 19.7 Å². The molecule has 8 heteroatoms. The Morgan fingerprint density at radius 3 is 2.77 bits per heavy atom. The van der Waals surface area contributed by atoms with Crippen molar-refractivity contribution < 1.29 is 9.53 Å². The molecule has 3 aromatic rings. The summed E-state index contributed by atoms with van der Waals surface area (Å²) in [5, 5.41) is 11.2. The molecule has 0 bridgehead atoms. The molecule has 1 aromatic carbocycles. The molecule has 1 aliphatic heterocycles. The maximum atomic E-state index is 12.9. The molecule has 160 valence electrons. The first-order chi connectivity index (χ1) is 15.1. The van der Waals surface area contributed by atoms with E-state index in [4.69, 9.17) is 10.5 Å². The van der Waals surface area contributed by atoms with Crippen molar-refractivity contribution in [3.63, 3.8) is 0 Å². The molecule has 5 rings (SSSR count). The Morgan fingerprint density at radius 1 is 1.29 bits per heavy atom. The molecular formula is C23H26N6O2. The monoisotopic (exact) mass is 418 g/mol. The largest absolute Gasteiger partial charge is 0.379 e. The zero-order valence-electron chi connectivity index (χ0n) is 17.5. The molecule has 31 heavy (non-hydrogen) atoms. The number of nitrogens with zero attached hydrogens (tertiary/aromatic N) is 4.